The first kappa shape index (κ1) is 19.4. The van der Waals surface area contributed by atoms with Crippen molar-refractivity contribution < 1.29 is 23.5 Å². The van der Waals surface area contributed by atoms with Crippen molar-refractivity contribution in [3.05, 3.63) is 63.1 Å². The van der Waals surface area contributed by atoms with E-state index >= 15 is 0 Å². The number of hydrogen-bond donors (Lipinski definition) is 2. The fraction of sp³-hybridized carbons (Fsp3) is 0.316. The quantitative estimate of drug-likeness (QED) is 0.787. The second-order valence-corrected chi connectivity index (χ2v) is 8.18. The van der Waals surface area contributed by atoms with E-state index in [0.717, 1.165) is 11.8 Å². The maximum Gasteiger partial charge on any atom is 0.275 e. The third-order valence-corrected chi connectivity index (χ3v) is 6.51. The molecular weight excluding hydrogens is 404 g/mol. The molecule has 2 N–H and O–H groups in total. The molecule has 0 bridgehead atoms. The van der Waals surface area contributed by atoms with Gasteiger partial charge in [0.05, 0.1) is 11.9 Å². The highest BCUT2D eigenvalue weighted by molar-refractivity contribution is 8.00. The summed E-state index contributed by atoms with van der Waals surface area (Å²) in [4.78, 5) is 39.4. The molecule has 3 heterocycles. The van der Waals surface area contributed by atoms with Crippen molar-refractivity contribution in [3.63, 3.8) is 0 Å². The first-order valence-electron chi connectivity index (χ1n) is 8.91. The van der Waals surface area contributed by atoms with Crippen LogP contribution in [0.4, 0.5) is 8.78 Å². The summed E-state index contributed by atoms with van der Waals surface area (Å²) in [6.45, 7) is 1.87. The normalized spacial score (nSPS) is 20.4. The molecule has 1 aromatic carbocycles. The van der Waals surface area contributed by atoms with Crippen molar-refractivity contribution in [2.24, 2.45) is 0 Å². The number of nitrogens with one attached hydrogen (secondary N) is 1. The van der Waals surface area contributed by atoms with Gasteiger partial charge in [-0.2, -0.15) is 0 Å². The van der Waals surface area contributed by atoms with Crippen molar-refractivity contribution in [1.29, 1.82) is 0 Å². The van der Waals surface area contributed by atoms with Gasteiger partial charge < -0.3 is 19.9 Å². The molecule has 29 heavy (non-hydrogen) atoms. The number of nitrogens with zero attached hydrogens (tertiary/aromatic N) is 2. The lowest BCUT2D eigenvalue weighted by Gasteiger charge is -2.34. The van der Waals surface area contributed by atoms with Crippen LogP contribution in [0.15, 0.2) is 29.2 Å². The zero-order valence-corrected chi connectivity index (χ0v) is 16.1. The van der Waals surface area contributed by atoms with Gasteiger partial charge in [-0.15, -0.1) is 11.8 Å². The van der Waals surface area contributed by atoms with Crippen LogP contribution in [0.25, 0.3) is 0 Å². The molecule has 1 unspecified atom stereocenters. The van der Waals surface area contributed by atoms with E-state index in [1.54, 1.807) is 16.7 Å². The molecule has 2 amide bonds. The Morgan fingerprint density at radius 1 is 1.34 bits per heavy atom. The van der Waals surface area contributed by atoms with Crippen LogP contribution in [0.3, 0.4) is 0 Å². The van der Waals surface area contributed by atoms with Crippen LogP contribution in [0, 0.1) is 11.6 Å². The van der Waals surface area contributed by atoms with Gasteiger partial charge in [-0.05, 0) is 13.0 Å². The first-order valence-corrected chi connectivity index (χ1v) is 9.96. The number of rotatable bonds is 3. The highest BCUT2D eigenvalue weighted by atomic mass is 32.2. The summed E-state index contributed by atoms with van der Waals surface area (Å²) in [5.41, 5.74) is -1.59. The van der Waals surface area contributed by atoms with E-state index in [-0.39, 0.29) is 34.8 Å². The van der Waals surface area contributed by atoms with Gasteiger partial charge in [0.1, 0.15) is 5.56 Å². The minimum absolute atomic E-state index is 0.0232. The number of halogens is 2. The van der Waals surface area contributed by atoms with Crippen molar-refractivity contribution in [2.75, 3.05) is 5.75 Å². The van der Waals surface area contributed by atoms with Gasteiger partial charge in [-0.3, -0.25) is 14.4 Å². The smallest absolute Gasteiger partial charge is 0.275 e. The topological polar surface area (TPSA) is 91.6 Å². The Morgan fingerprint density at radius 3 is 2.86 bits per heavy atom. The predicted molar refractivity (Wildman–Crippen MR) is 102 cm³/mol. The molecular formula is C19H17F2N3O4S. The molecule has 152 valence electrons. The molecule has 1 fully saturated rings. The van der Waals surface area contributed by atoms with Crippen LogP contribution in [-0.2, 0) is 13.1 Å². The van der Waals surface area contributed by atoms with Crippen molar-refractivity contribution >= 4 is 23.6 Å². The number of aromatic hydroxyl groups is 1. The standard InChI is InChI=1S/C19H17F2N3O4S/c1-9-8-29-13-7-23-6-11(16(25)17(26)15(23)19(28)24(9)13)18(27)22-5-10-3-2-4-12(20)14(10)21/h2-4,6,9,13,26H,5,7-8H2,1H3,(H,22,27)/t9-,13?/m0/s1. The van der Waals surface area contributed by atoms with Gasteiger partial charge >= 0.3 is 0 Å². The molecule has 0 saturated carbocycles. The molecule has 2 aromatic rings. The zero-order valence-electron chi connectivity index (χ0n) is 15.3. The van der Waals surface area contributed by atoms with Gasteiger partial charge in [0.2, 0.25) is 5.43 Å². The molecule has 4 rings (SSSR count). The van der Waals surface area contributed by atoms with E-state index in [2.05, 4.69) is 5.32 Å². The molecule has 1 aromatic heterocycles. The van der Waals surface area contributed by atoms with E-state index < -0.39 is 34.6 Å². The lowest BCUT2D eigenvalue weighted by atomic mass is 10.1. The summed E-state index contributed by atoms with van der Waals surface area (Å²) in [5.74, 6) is -3.50. The van der Waals surface area contributed by atoms with Crippen LogP contribution in [0.5, 0.6) is 5.75 Å². The number of aromatic nitrogens is 1. The van der Waals surface area contributed by atoms with Crippen LogP contribution in [0.2, 0.25) is 0 Å². The van der Waals surface area contributed by atoms with E-state index in [1.807, 2.05) is 6.92 Å². The third kappa shape index (κ3) is 3.17. The lowest BCUT2D eigenvalue weighted by molar-refractivity contribution is 0.0634. The summed E-state index contributed by atoms with van der Waals surface area (Å²) < 4.78 is 28.4. The first-order chi connectivity index (χ1) is 13.8. The van der Waals surface area contributed by atoms with Crippen LogP contribution in [-0.4, -0.2) is 43.6 Å². The molecule has 2 aliphatic heterocycles. The summed E-state index contributed by atoms with van der Waals surface area (Å²) in [7, 11) is 0. The van der Waals surface area contributed by atoms with Crippen LogP contribution < -0.4 is 10.7 Å². The number of pyridine rings is 1. The number of carbonyl (C=O) groups excluding carboxylic acids is 2. The zero-order chi connectivity index (χ0) is 20.9. The number of thioether (sulfide) groups is 1. The number of benzene rings is 1. The van der Waals surface area contributed by atoms with E-state index in [9.17, 15) is 28.3 Å². The Labute approximate surface area is 168 Å². The van der Waals surface area contributed by atoms with Crippen molar-refractivity contribution in [2.45, 2.75) is 31.4 Å². The lowest BCUT2D eigenvalue weighted by Crippen LogP contribution is -2.48. The number of carbonyl (C=O) groups is 2. The minimum Gasteiger partial charge on any atom is -0.503 e. The van der Waals surface area contributed by atoms with E-state index in [4.69, 9.17) is 0 Å². The fourth-order valence-electron chi connectivity index (χ4n) is 3.59. The van der Waals surface area contributed by atoms with Crippen molar-refractivity contribution in [3.8, 4) is 5.75 Å². The monoisotopic (exact) mass is 421 g/mol. The van der Waals surface area contributed by atoms with E-state index in [1.165, 1.54) is 22.9 Å². The SMILES string of the molecule is C[C@H]1CSC2Cn3cc(C(=O)NCc4cccc(F)c4F)c(=O)c(O)c3C(=O)N21. The molecule has 1 saturated heterocycles. The highest BCUT2D eigenvalue weighted by Gasteiger charge is 2.42. The average molecular weight is 421 g/mol. The minimum atomic E-state index is -1.09. The number of fused-ring (bicyclic) bond motifs is 2. The highest BCUT2D eigenvalue weighted by Crippen LogP contribution is 2.36. The maximum absolute atomic E-state index is 13.7. The summed E-state index contributed by atoms with van der Waals surface area (Å²) in [6.07, 6.45) is 1.23. The Bertz CT molecular complexity index is 1090. The largest absolute Gasteiger partial charge is 0.503 e. The van der Waals surface area contributed by atoms with Crippen LogP contribution >= 0.6 is 11.8 Å². The Kier molecular flexibility index (Phi) is 4.81. The van der Waals surface area contributed by atoms with Gasteiger partial charge in [0.25, 0.3) is 11.8 Å². The number of amides is 2. The maximum atomic E-state index is 13.7. The average Bonchev–Trinajstić information content (AvgIpc) is 3.06. The molecule has 10 heteroatoms. The fourth-order valence-corrected chi connectivity index (χ4v) is 4.98. The van der Waals surface area contributed by atoms with E-state index in [0.29, 0.717) is 6.54 Å². The molecule has 2 aliphatic rings. The predicted octanol–water partition coefficient (Wildman–Crippen LogP) is 1.68. The van der Waals surface area contributed by atoms with Gasteiger partial charge in [-0.1, -0.05) is 12.1 Å². The Hall–Kier alpha value is -2.88. The van der Waals surface area contributed by atoms with Gasteiger partial charge in [0, 0.05) is 30.1 Å². The second kappa shape index (κ2) is 7.18. The summed E-state index contributed by atoms with van der Waals surface area (Å²) in [6, 6.07) is 3.54. The summed E-state index contributed by atoms with van der Waals surface area (Å²) >= 11 is 1.58. The molecule has 0 spiro atoms. The molecule has 2 atom stereocenters. The molecule has 0 aliphatic carbocycles. The Morgan fingerprint density at radius 2 is 2.10 bits per heavy atom. The third-order valence-electron chi connectivity index (χ3n) is 5.08. The number of hydrogen-bond acceptors (Lipinski definition) is 5. The van der Waals surface area contributed by atoms with Crippen LogP contribution in [0.1, 0.15) is 33.3 Å². The van der Waals surface area contributed by atoms with Gasteiger partial charge in [-0.25, -0.2) is 8.78 Å². The second-order valence-electron chi connectivity index (χ2n) is 6.97. The van der Waals surface area contributed by atoms with Gasteiger partial charge in [0.15, 0.2) is 23.1 Å². The summed E-state index contributed by atoms with van der Waals surface area (Å²) in [5, 5.41) is 12.5. The van der Waals surface area contributed by atoms with Crippen molar-refractivity contribution in [1.82, 2.24) is 14.8 Å². The molecule has 0 radical (unpaired) electrons. The Balaban J connectivity index is 1.63. The molecule has 7 nitrogen and oxygen atoms in total.